The molecule has 0 spiro atoms. The molecular formula is C54H35N3O. The summed E-state index contributed by atoms with van der Waals surface area (Å²) in [6.45, 7) is 0. The Morgan fingerprint density at radius 3 is 1.24 bits per heavy atom. The number of anilines is 3. The molecule has 0 unspecified atom stereocenters. The van der Waals surface area contributed by atoms with Gasteiger partial charge in [-0.25, -0.2) is 0 Å². The first-order valence-electron chi connectivity index (χ1n) is 19.8. The molecule has 0 aliphatic rings. The Bertz CT molecular complexity index is 3270. The molecule has 0 saturated carbocycles. The maximum absolute atomic E-state index is 6.15. The fourth-order valence-electron chi connectivity index (χ4n) is 9.10. The molecule has 58 heavy (non-hydrogen) atoms. The molecule has 0 aliphatic carbocycles. The van der Waals surface area contributed by atoms with E-state index in [4.69, 9.17) is 4.42 Å². The molecule has 0 aliphatic heterocycles. The quantitative estimate of drug-likeness (QED) is 0.170. The van der Waals surface area contributed by atoms with Crippen LogP contribution in [0.4, 0.5) is 17.1 Å². The fourth-order valence-corrected chi connectivity index (χ4v) is 9.10. The summed E-state index contributed by atoms with van der Waals surface area (Å²) in [5.41, 5.74) is 14.3. The number of para-hydroxylation sites is 5. The van der Waals surface area contributed by atoms with Gasteiger partial charge in [-0.3, -0.25) is 0 Å². The minimum atomic E-state index is 0.902. The predicted molar refractivity (Wildman–Crippen MR) is 243 cm³/mol. The molecule has 0 amide bonds. The van der Waals surface area contributed by atoms with Crippen molar-refractivity contribution in [1.82, 2.24) is 9.13 Å². The van der Waals surface area contributed by atoms with Crippen LogP contribution < -0.4 is 4.90 Å². The van der Waals surface area contributed by atoms with Crippen molar-refractivity contribution < 1.29 is 4.42 Å². The van der Waals surface area contributed by atoms with E-state index in [1.54, 1.807) is 0 Å². The maximum Gasteiger partial charge on any atom is 0.135 e. The lowest BCUT2D eigenvalue weighted by Gasteiger charge is -2.27. The average Bonchev–Trinajstić information content (AvgIpc) is 3.95. The van der Waals surface area contributed by atoms with Gasteiger partial charge in [0.1, 0.15) is 11.2 Å². The van der Waals surface area contributed by atoms with Crippen LogP contribution in [0.25, 0.3) is 88.1 Å². The molecule has 3 heterocycles. The number of hydrogen-bond donors (Lipinski definition) is 0. The van der Waals surface area contributed by atoms with Crippen molar-refractivity contribution in [3.05, 3.63) is 212 Å². The van der Waals surface area contributed by atoms with Gasteiger partial charge in [0, 0.05) is 60.8 Å². The third kappa shape index (κ3) is 5.02. The predicted octanol–water partition coefficient (Wildman–Crippen LogP) is 14.9. The van der Waals surface area contributed by atoms with E-state index in [0.717, 1.165) is 61.5 Å². The molecular weight excluding hydrogens is 707 g/mol. The summed E-state index contributed by atoms with van der Waals surface area (Å²) in [6, 6.07) is 76.3. The molecule has 9 aromatic carbocycles. The van der Waals surface area contributed by atoms with Gasteiger partial charge in [-0.2, -0.15) is 0 Å². The van der Waals surface area contributed by atoms with Crippen molar-refractivity contribution in [2.75, 3.05) is 4.90 Å². The van der Waals surface area contributed by atoms with Gasteiger partial charge in [0.15, 0.2) is 0 Å². The summed E-state index contributed by atoms with van der Waals surface area (Å²) in [6.07, 6.45) is 0. The smallest absolute Gasteiger partial charge is 0.135 e. The lowest BCUT2D eigenvalue weighted by Crippen LogP contribution is -2.11. The minimum Gasteiger partial charge on any atom is -0.456 e. The van der Waals surface area contributed by atoms with Crippen molar-refractivity contribution >= 4 is 82.6 Å². The molecule has 0 bridgehead atoms. The Labute approximate surface area is 334 Å². The third-order valence-corrected chi connectivity index (χ3v) is 11.7. The number of benzene rings is 9. The second kappa shape index (κ2) is 12.9. The van der Waals surface area contributed by atoms with Gasteiger partial charge in [-0.1, -0.05) is 121 Å². The van der Waals surface area contributed by atoms with Crippen LogP contribution in [0.3, 0.4) is 0 Å². The molecule has 0 saturated heterocycles. The molecule has 0 atom stereocenters. The zero-order valence-electron chi connectivity index (χ0n) is 31.5. The number of aromatic nitrogens is 2. The highest BCUT2D eigenvalue weighted by Crippen LogP contribution is 2.41. The van der Waals surface area contributed by atoms with Gasteiger partial charge in [0.2, 0.25) is 0 Å². The highest BCUT2D eigenvalue weighted by molar-refractivity contribution is 6.10. The molecule has 272 valence electrons. The van der Waals surface area contributed by atoms with Crippen molar-refractivity contribution in [3.63, 3.8) is 0 Å². The minimum absolute atomic E-state index is 0.902. The van der Waals surface area contributed by atoms with Crippen LogP contribution >= 0.6 is 0 Å². The van der Waals surface area contributed by atoms with Gasteiger partial charge in [-0.05, 0) is 102 Å². The van der Waals surface area contributed by atoms with Gasteiger partial charge in [0.05, 0.1) is 22.1 Å². The molecule has 12 rings (SSSR count). The highest BCUT2D eigenvalue weighted by atomic mass is 16.3. The van der Waals surface area contributed by atoms with Crippen LogP contribution in [0.1, 0.15) is 0 Å². The molecule has 0 N–H and O–H groups in total. The average molecular weight is 742 g/mol. The molecule has 0 radical (unpaired) electrons. The van der Waals surface area contributed by atoms with E-state index < -0.39 is 0 Å². The Balaban J connectivity index is 1.03. The summed E-state index contributed by atoms with van der Waals surface area (Å²) in [5, 5.41) is 7.25. The Morgan fingerprint density at radius 1 is 0.293 bits per heavy atom. The summed E-state index contributed by atoms with van der Waals surface area (Å²) >= 11 is 0. The topological polar surface area (TPSA) is 26.2 Å². The standard InChI is InChI=1S/C54H35N3O/c1-6-22-49-43(17-1)44-18-2-7-23-50(44)56(49)41-15-11-13-39(34-41)55(38-30-27-36(28-31-38)37-29-32-54-48(33-37)47-21-5-10-26-53(47)58-54)40-14-12-16-42(35-40)57-51-24-8-3-19-45(51)46-20-4-9-25-52(46)57/h1-35H. The fraction of sp³-hybridized carbons (Fsp3) is 0. The van der Waals surface area contributed by atoms with Crippen LogP contribution in [-0.2, 0) is 0 Å². The summed E-state index contributed by atoms with van der Waals surface area (Å²) in [4.78, 5) is 2.38. The van der Waals surface area contributed by atoms with Crippen molar-refractivity contribution in [2.24, 2.45) is 0 Å². The van der Waals surface area contributed by atoms with E-state index in [2.05, 4.69) is 214 Å². The van der Waals surface area contributed by atoms with E-state index in [9.17, 15) is 0 Å². The van der Waals surface area contributed by atoms with Crippen LogP contribution in [0.15, 0.2) is 217 Å². The second-order valence-corrected chi connectivity index (χ2v) is 15.0. The first kappa shape index (κ1) is 32.4. The largest absolute Gasteiger partial charge is 0.456 e. The van der Waals surface area contributed by atoms with Crippen LogP contribution in [0.2, 0.25) is 0 Å². The Kier molecular flexibility index (Phi) is 7.20. The number of furan rings is 1. The first-order valence-corrected chi connectivity index (χ1v) is 19.8. The highest BCUT2D eigenvalue weighted by Gasteiger charge is 2.19. The second-order valence-electron chi connectivity index (χ2n) is 15.0. The zero-order chi connectivity index (χ0) is 38.2. The van der Waals surface area contributed by atoms with Gasteiger partial charge < -0.3 is 18.5 Å². The van der Waals surface area contributed by atoms with E-state index in [1.807, 2.05) is 12.1 Å². The van der Waals surface area contributed by atoms with Gasteiger partial charge in [0.25, 0.3) is 0 Å². The van der Waals surface area contributed by atoms with E-state index >= 15 is 0 Å². The van der Waals surface area contributed by atoms with Gasteiger partial charge in [-0.15, -0.1) is 0 Å². The van der Waals surface area contributed by atoms with Gasteiger partial charge >= 0.3 is 0 Å². The summed E-state index contributed by atoms with van der Waals surface area (Å²) in [7, 11) is 0. The van der Waals surface area contributed by atoms with Crippen molar-refractivity contribution in [1.29, 1.82) is 0 Å². The molecule has 3 aromatic heterocycles. The number of hydrogen-bond acceptors (Lipinski definition) is 2. The van der Waals surface area contributed by atoms with E-state index in [1.165, 1.54) is 43.6 Å². The normalized spacial score (nSPS) is 11.8. The van der Waals surface area contributed by atoms with Crippen molar-refractivity contribution in [3.8, 4) is 22.5 Å². The number of rotatable bonds is 6. The molecule has 4 nitrogen and oxygen atoms in total. The van der Waals surface area contributed by atoms with Crippen LogP contribution in [-0.4, -0.2) is 9.13 Å². The number of fused-ring (bicyclic) bond motifs is 9. The lowest BCUT2D eigenvalue weighted by molar-refractivity contribution is 0.669. The SMILES string of the molecule is c1cc(N(c2ccc(-c3ccc4oc5ccccc5c4c3)cc2)c2cccc(-n3c4ccccc4c4ccccc43)c2)cc(-n2c3ccccc3c3ccccc32)c1. The summed E-state index contributed by atoms with van der Waals surface area (Å²) in [5.74, 6) is 0. The first-order chi connectivity index (χ1) is 28.8. The van der Waals surface area contributed by atoms with Crippen LogP contribution in [0.5, 0.6) is 0 Å². The Hall–Kier alpha value is -7.82. The number of nitrogens with zero attached hydrogens (tertiary/aromatic N) is 3. The monoisotopic (exact) mass is 741 g/mol. The van der Waals surface area contributed by atoms with E-state index in [0.29, 0.717) is 0 Å². The van der Waals surface area contributed by atoms with Crippen molar-refractivity contribution in [2.45, 2.75) is 0 Å². The zero-order valence-corrected chi connectivity index (χ0v) is 31.5. The third-order valence-electron chi connectivity index (χ3n) is 11.7. The molecule has 0 fully saturated rings. The summed E-state index contributed by atoms with van der Waals surface area (Å²) < 4.78 is 10.9. The Morgan fingerprint density at radius 2 is 0.724 bits per heavy atom. The maximum atomic E-state index is 6.15. The lowest BCUT2D eigenvalue weighted by atomic mass is 10.0. The molecule has 12 aromatic rings. The van der Waals surface area contributed by atoms with Crippen LogP contribution in [0, 0.1) is 0 Å². The van der Waals surface area contributed by atoms with E-state index in [-0.39, 0.29) is 0 Å². The molecule has 4 heteroatoms.